The molecule has 2 N–H and O–H groups in total. The van der Waals surface area contributed by atoms with Gasteiger partial charge in [0.25, 0.3) is 0 Å². The van der Waals surface area contributed by atoms with Gasteiger partial charge in [-0.15, -0.1) is 0 Å². The third kappa shape index (κ3) is 5.78. The fraction of sp³-hybridized carbons (Fsp3) is 0.500. The Morgan fingerprint density at radius 3 is 2.24 bits per heavy atom. The highest BCUT2D eigenvalue weighted by atomic mass is 19.4. The predicted molar refractivity (Wildman–Crippen MR) is 60.2 cm³/mol. The summed E-state index contributed by atoms with van der Waals surface area (Å²) in [4.78, 5) is 0. The van der Waals surface area contributed by atoms with Crippen molar-refractivity contribution in [2.45, 2.75) is 37.6 Å². The van der Waals surface area contributed by atoms with E-state index >= 15 is 0 Å². The van der Waals surface area contributed by atoms with Crippen LogP contribution in [0.4, 0.5) is 30.7 Å². The third-order valence-electron chi connectivity index (χ3n) is 2.53. The van der Waals surface area contributed by atoms with Gasteiger partial charge < -0.3 is 10.5 Å². The van der Waals surface area contributed by atoms with Crippen LogP contribution in [-0.2, 0) is 0 Å². The molecular weight excluding hydrogens is 307 g/mol. The molecule has 0 saturated heterocycles. The SMILES string of the molecule is N[C@@H](CCC(F)(F)F)c1cccc(OC(F)(F)C(F)F)c1. The first kappa shape index (κ1) is 17.5. The zero-order valence-electron chi connectivity index (χ0n) is 10.5. The van der Waals surface area contributed by atoms with E-state index in [-0.39, 0.29) is 5.56 Å². The van der Waals surface area contributed by atoms with E-state index in [1.54, 1.807) is 0 Å². The molecule has 0 aliphatic heterocycles. The maximum absolute atomic E-state index is 12.7. The minimum Gasteiger partial charge on any atom is -0.428 e. The van der Waals surface area contributed by atoms with Crippen LogP contribution in [-0.4, -0.2) is 18.7 Å². The lowest BCUT2D eigenvalue weighted by atomic mass is 10.0. The molecule has 0 fully saturated rings. The smallest absolute Gasteiger partial charge is 0.428 e. The van der Waals surface area contributed by atoms with Crippen molar-refractivity contribution in [2.75, 3.05) is 0 Å². The number of hydrogen-bond donors (Lipinski definition) is 1. The van der Waals surface area contributed by atoms with Gasteiger partial charge in [0.1, 0.15) is 5.75 Å². The van der Waals surface area contributed by atoms with E-state index < -0.39 is 43.3 Å². The van der Waals surface area contributed by atoms with Crippen molar-refractivity contribution in [3.63, 3.8) is 0 Å². The topological polar surface area (TPSA) is 35.2 Å². The van der Waals surface area contributed by atoms with E-state index in [4.69, 9.17) is 5.73 Å². The molecule has 0 amide bonds. The van der Waals surface area contributed by atoms with E-state index in [1.807, 2.05) is 0 Å². The minimum absolute atomic E-state index is 0.0850. The van der Waals surface area contributed by atoms with Gasteiger partial charge >= 0.3 is 18.7 Å². The molecule has 0 spiro atoms. The zero-order chi connectivity index (χ0) is 16.3. The first-order valence-corrected chi connectivity index (χ1v) is 5.78. The van der Waals surface area contributed by atoms with Crippen LogP contribution < -0.4 is 10.5 Å². The number of nitrogens with two attached hydrogens (primary N) is 1. The van der Waals surface area contributed by atoms with E-state index in [9.17, 15) is 30.7 Å². The largest absolute Gasteiger partial charge is 0.461 e. The standard InChI is InChI=1S/C12H12F7NO/c13-10(14)12(18,19)21-8-3-1-2-7(6-8)9(20)4-5-11(15,16)17/h1-3,6,9-10H,4-5,20H2/t9-/m0/s1. The Hall–Kier alpha value is -1.51. The van der Waals surface area contributed by atoms with Crippen molar-refractivity contribution in [1.29, 1.82) is 0 Å². The average molecular weight is 319 g/mol. The summed E-state index contributed by atoms with van der Waals surface area (Å²) in [6.07, 6.45) is -14.7. The highest BCUT2D eigenvalue weighted by Gasteiger charge is 2.44. The van der Waals surface area contributed by atoms with Crippen LogP contribution in [0.2, 0.25) is 0 Å². The van der Waals surface area contributed by atoms with Crippen molar-refractivity contribution in [1.82, 2.24) is 0 Å². The molecule has 0 saturated carbocycles. The number of benzene rings is 1. The summed E-state index contributed by atoms with van der Waals surface area (Å²) in [5.41, 5.74) is 5.59. The number of alkyl halides is 7. The fourth-order valence-corrected chi connectivity index (χ4v) is 1.50. The van der Waals surface area contributed by atoms with Crippen molar-refractivity contribution in [2.24, 2.45) is 5.73 Å². The molecule has 2 nitrogen and oxygen atoms in total. The summed E-state index contributed by atoms with van der Waals surface area (Å²) in [6, 6.07) is 3.30. The quantitative estimate of drug-likeness (QED) is 0.795. The number of ether oxygens (including phenoxy) is 1. The van der Waals surface area contributed by atoms with Crippen LogP contribution in [0.5, 0.6) is 5.75 Å². The molecule has 0 aromatic heterocycles. The predicted octanol–water partition coefficient (Wildman–Crippen LogP) is 4.27. The number of halogens is 7. The minimum atomic E-state index is -4.69. The molecule has 0 radical (unpaired) electrons. The Morgan fingerprint density at radius 2 is 1.71 bits per heavy atom. The monoisotopic (exact) mass is 319 g/mol. The molecule has 0 bridgehead atoms. The maximum atomic E-state index is 12.7. The zero-order valence-corrected chi connectivity index (χ0v) is 10.5. The molecule has 120 valence electrons. The van der Waals surface area contributed by atoms with Gasteiger partial charge in [-0.2, -0.15) is 30.7 Å². The lowest BCUT2D eigenvalue weighted by molar-refractivity contribution is -0.253. The lowest BCUT2D eigenvalue weighted by Crippen LogP contribution is -2.33. The average Bonchev–Trinajstić information content (AvgIpc) is 2.34. The summed E-state index contributed by atoms with van der Waals surface area (Å²) in [6.45, 7) is 0. The van der Waals surface area contributed by atoms with Crippen LogP contribution in [0.3, 0.4) is 0 Å². The molecule has 1 aromatic rings. The molecule has 9 heteroatoms. The maximum Gasteiger partial charge on any atom is 0.461 e. The summed E-state index contributed by atoms with van der Waals surface area (Å²) < 4.78 is 89.4. The highest BCUT2D eigenvalue weighted by Crippen LogP contribution is 2.31. The second kappa shape index (κ2) is 6.50. The van der Waals surface area contributed by atoms with E-state index in [0.29, 0.717) is 0 Å². The van der Waals surface area contributed by atoms with E-state index in [0.717, 1.165) is 12.1 Å². The molecule has 1 aromatic carbocycles. The lowest BCUT2D eigenvalue weighted by Gasteiger charge is -2.18. The van der Waals surface area contributed by atoms with Crippen molar-refractivity contribution in [3.8, 4) is 5.75 Å². The Balaban J connectivity index is 2.76. The molecule has 0 unspecified atom stereocenters. The molecule has 0 heterocycles. The van der Waals surface area contributed by atoms with E-state index in [1.165, 1.54) is 12.1 Å². The fourth-order valence-electron chi connectivity index (χ4n) is 1.50. The van der Waals surface area contributed by atoms with Crippen LogP contribution in [0.25, 0.3) is 0 Å². The number of rotatable bonds is 6. The second-order valence-electron chi connectivity index (χ2n) is 4.30. The Labute approximate surface area is 115 Å². The van der Waals surface area contributed by atoms with E-state index in [2.05, 4.69) is 4.74 Å². The van der Waals surface area contributed by atoms with Gasteiger partial charge in [0.15, 0.2) is 0 Å². The van der Waals surface area contributed by atoms with Gasteiger partial charge in [-0.25, -0.2) is 0 Å². The first-order valence-electron chi connectivity index (χ1n) is 5.78. The normalized spacial score (nSPS) is 14.3. The Bertz CT molecular complexity index is 461. The van der Waals surface area contributed by atoms with Gasteiger partial charge in [0, 0.05) is 12.5 Å². The highest BCUT2D eigenvalue weighted by molar-refractivity contribution is 5.30. The third-order valence-corrected chi connectivity index (χ3v) is 2.53. The van der Waals surface area contributed by atoms with Crippen molar-refractivity contribution < 1.29 is 35.5 Å². The molecular formula is C12H12F7NO. The first-order chi connectivity index (χ1) is 9.51. The summed E-state index contributed by atoms with van der Waals surface area (Å²) in [5, 5.41) is 0. The van der Waals surface area contributed by atoms with Crippen LogP contribution >= 0.6 is 0 Å². The summed E-state index contributed by atoms with van der Waals surface area (Å²) >= 11 is 0. The second-order valence-corrected chi connectivity index (χ2v) is 4.30. The molecule has 1 rings (SSSR count). The Kier molecular flexibility index (Phi) is 5.43. The van der Waals surface area contributed by atoms with Crippen LogP contribution in [0.1, 0.15) is 24.4 Å². The molecule has 0 aliphatic rings. The molecule has 0 aliphatic carbocycles. The van der Waals surface area contributed by atoms with Gasteiger partial charge in [-0.1, -0.05) is 12.1 Å². The van der Waals surface area contributed by atoms with Gasteiger partial charge in [-0.05, 0) is 24.1 Å². The van der Waals surface area contributed by atoms with Crippen molar-refractivity contribution in [3.05, 3.63) is 29.8 Å². The van der Waals surface area contributed by atoms with Gasteiger partial charge in [0.2, 0.25) is 0 Å². The molecule has 1 atom stereocenters. The summed E-state index contributed by atoms with van der Waals surface area (Å²) in [7, 11) is 0. The summed E-state index contributed by atoms with van der Waals surface area (Å²) in [5.74, 6) is -0.597. The van der Waals surface area contributed by atoms with Gasteiger partial charge in [0.05, 0.1) is 0 Å². The number of hydrogen-bond acceptors (Lipinski definition) is 2. The molecule has 21 heavy (non-hydrogen) atoms. The van der Waals surface area contributed by atoms with Crippen LogP contribution in [0.15, 0.2) is 24.3 Å². The Morgan fingerprint density at radius 1 is 1.10 bits per heavy atom. The van der Waals surface area contributed by atoms with Gasteiger partial charge in [-0.3, -0.25) is 0 Å². The van der Waals surface area contributed by atoms with Crippen LogP contribution in [0, 0.1) is 0 Å². The van der Waals surface area contributed by atoms with Crippen molar-refractivity contribution >= 4 is 0 Å².